The molecule has 13 heavy (non-hydrogen) atoms. The zero-order chi connectivity index (χ0) is 9.94. The monoisotopic (exact) mass is 184 g/mol. The van der Waals surface area contributed by atoms with Crippen LogP contribution in [0.25, 0.3) is 0 Å². The van der Waals surface area contributed by atoms with Gasteiger partial charge in [-0.2, -0.15) is 0 Å². The Morgan fingerprint density at radius 3 is 2.62 bits per heavy atom. The van der Waals surface area contributed by atoms with Crippen LogP contribution < -0.4 is 0 Å². The molecule has 0 aliphatic carbocycles. The minimum atomic E-state index is -0.294. The zero-order valence-corrected chi connectivity index (χ0v) is 7.99. The lowest BCUT2D eigenvalue weighted by molar-refractivity contribution is -0.137. The Morgan fingerprint density at radius 2 is 2.00 bits per heavy atom. The first-order chi connectivity index (χ1) is 6.31. The van der Waals surface area contributed by atoms with Crippen molar-refractivity contribution < 1.29 is 14.3 Å². The van der Waals surface area contributed by atoms with Crippen LogP contribution in [0.1, 0.15) is 32.6 Å². The topological polar surface area (TPSA) is 43.4 Å². The van der Waals surface area contributed by atoms with E-state index in [4.69, 9.17) is 0 Å². The van der Waals surface area contributed by atoms with E-state index in [2.05, 4.69) is 4.74 Å². The molecule has 0 fully saturated rings. The van der Waals surface area contributed by atoms with Crippen molar-refractivity contribution in [1.29, 1.82) is 0 Å². The van der Waals surface area contributed by atoms with Crippen LogP contribution in [0.15, 0.2) is 12.2 Å². The summed E-state index contributed by atoms with van der Waals surface area (Å²) in [6, 6.07) is 0. The van der Waals surface area contributed by atoms with Crippen LogP contribution in [0, 0.1) is 0 Å². The molecule has 0 unspecified atom stereocenters. The summed E-state index contributed by atoms with van der Waals surface area (Å²) in [5.41, 5.74) is 0. The minimum Gasteiger partial charge on any atom is -0.463 e. The Balaban J connectivity index is 3.29. The fourth-order valence-electron chi connectivity index (χ4n) is 0.860. The number of hydrogen-bond donors (Lipinski definition) is 0. The quantitative estimate of drug-likeness (QED) is 0.262. The summed E-state index contributed by atoms with van der Waals surface area (Å²) in [6.45, 7) is 2.18. The SMILES string of the molecule is CCOC(=O)C=CCCCCC=O. The number of unbranched alkanes of at least 4 members (excludes halogenated alkanes) is 3. The van der Waals surface area contributed by atoms with Gasteiger partial charge in [0.2, 0.25) is 0 Å². The lowest BCUT2D eigenvalue weighted by Gasteiger charge is -1.94. The molecule has 0 bridgehead atoms. The molecule has 0 aromatic rings. The summed E-state index contributed by atoms with van der Waals surface area (Å²) in [5, 5.41) is 0. The first kappa shape index (κ1) is 11.9. The Morgan fingerprint density at radius 1 is 1.31 bits per heavy atom. The van der Waals surface area contributed by atoms with E-state index < -0.39 is 0 Å². The van der Waals surface area contributed by atoms with Crippen LogP contribution in [-0.4, -0.2) is 18.9 Å². The van der Waals surface area contributed by atoms with Crippen molar-refractivity contribution in [3.8, 4) is 0 Å². The molecule has 0 saturated heterocycles. The molecule has 0 saturated carbocycles. The Hall–Kier alpha value is -1.12. The third-order valence-electron chi connectivity index (χ3n) is 1.48. The number of ether oxygens (including phenoxy) is 1. The van der Waals surface area contributed by atoms with Crippen LogP contribution in [0.4, 0.5) is 0 Å². The molecule has 0 heterocycles. The average Bonchev–Trinajstić information content (AvgIpc) is 2.11. The van der Waals surface area contributed by atoms with Gasteiger partial charge in [0.1, 0.15) is 6.29 Å². The molecule has 0 N–H and O–H groups in total. The van der Waals surface area contributed by atoms with Gasteiger partial charge in [0.05, 0.1) is 6.61 Å². The second kappa shape index (κ2) is 8.97. The molecule has 0 amide bonds. The molecule has 0 radical (unpaired) electrons. The smallest absolute Gasteiger partial charge is 0.330 e. The van der Waals surface area contributed by atoms with Crippen molar-refractivity contribution in [2.45, 2.75) is 32.6 Å². The van der Waals surface area contributed by atoms with Gasteiger partial charge < -0.3 is 9.53 Å². The van der Waals surface area contributed by atoms with Crippen molar-refractivity contribution in [2.24, 2.45) is 0 Å². The largest absolute Gasteiger partial charge is 0.463 e. The van der Waals surface area contributed by atoms with Crippen molar-refractivity contribution >= 4 is 12.3 Å². The number of aldehydes is 1. The first-order valence-corrected chi connectivity index (χ1v) is 4.58. The van der Waals surface area contributed by atoms with E-state index in [-0.39, 0.29) is 5.97 Å². The van der Waals surface area contributed by atoms with E-state index in [9.17, 15) is 9.59 Å². The number of carbonyl (C=O) groups excluding carboxylic acids is 2. The van der Waals surface area contributed by atoms with Gasteiger partial charge in [0.15, 0.2) is 0 Å². The van der Waals surface area contributed by atoms with Crippen LogP contribution >= 0.6 is 0 Å². The lowest BCUT2D eigenvalue weighted by Crippen LogP contribution is -1.98. The maximum atomic E-state index is 10.8. The zero-order valence-electron chi connectivity index (χ0n) is 7.99. The number of hydrogen-bond acceptors (Lipinski definition) is 3. The fourth-order valence-corrected chi connectivity index (χ4v) is 0.860. The lowest BCUT2D eigenvalue weighted by atomic mass is 10.2. The normalized spacial score (nSPS) is 10.2. The second-order valence-electron chi connectivity index (χ2n) is 2.61. The standard InChI is InChI=1S/C10H16O3/c1-2-13-10(12)8-6-4-3-5-7-9-11/h6,8-9H,2-5,7H2,1H3. The van der Waals surface area contributed by atoms with Crippen LogP contribution in [0.5, 0.6) is 0 Å². The molecule has 0 rings (SSSR count). The van der Waals surface area contributed by atoms with E-state index in [1.165, 1.54) is 6.08 Å². The number of carbonyl (C=O) groups is 2. The molecule has 0 aromatic heterocycles. The highest BCUT2D eigenvalue weighted by Gasteiger charge is 1.91. The predicted octanol–water partition coefficient (Wildman–Crippen LogP) is 1.86. The third kappa shape index (κ3) is 8.79. The molecular weight excluding hydrogens is 168 g/mol. The van der Waals surface area contributed by atoms with Gasteiger partial charge in [-0.25, -0.2) is 4.79 Å². The van der Waals surface area contributed by atoms with Gasteiger partial charge in [-0.3, -0.25) is 0 Å². The second-order valence-corrected chi connectivity index (χ2v) is 2.61. The highest BCUT2D eigenvalue weighted by atomic mass is 16.5. The number of esters is 1. The van der Waals surface area contributed by atoms with Crippen molar-refractivity contribution in [3.05, 3.63) is 12.2 Å². The van der Waals surface area contributed by atoms with Gasteiger partial charge in [-0.05, 0) is 26.2 Å². The van der Waals surface area contributed by atoms with Crippen molar-refractivity contribution in [2.75, 3.05) is 6.61 Å². The molecule has 3 heteroatoms. The first-order valence-electron chi connectivity index (χ1n) is 4.58. The van der Waals surface area contributed by atoms with Crippen LogP contribution in [0.3, 0.4) is 0 Å². The maximum Gasteiger partial charge on any atom is 0.330 e. The maximum absolute atomic E-state index is 10.8. The fraction of sp³-hybridized carbons (Fsp3) is 0.600. The Labute approximate surface area is 78.8 Å². The predicted molar refractivity (Wildman–Crippen MR) is 50.3 cm³/mol. The van der Waals surface area contributed by atoms with E-state index in [1.54, 1.807) is 13.0 Å². The summed E-state index contributed by atoms with van der Waals surface area (Å²) < 4.78 is 4.69. The van der Waals surface area contributed by atoms with Gasteiger partial charge in [0.25, 0.3) is 0 Å². The summed E-state index contributed by atoms with van der Waals surface area (Å²) in [7, 11) is 0. The highest BCUT2D eigenvalue weighted by molar-refractivity contribution is 5.81. The molecule has 0 atom stereocenters. The molecule has 0 aliphatic heterocycles. The van der Waals surface area contributed by atoms with Crippen LogP contribution in [0.2, 0.25) is 0 Å². The summed E-state index contributed by atoms with van der Waals surface area (Å²) in [6.07, 6.45) is 7.38. The minimum absolute atomic E-state index is 0.294. The highest BCUT2D eigenvalue weighted by Crippen LogP contribution is 1.98. The molecule has 0 aliphatic rings. The molecule has 0 aromatic carbocycles. The van der Waals surface area contributed by atoms with Gasteiger partial charge in [0, 0.05) is 12.5 Å². The Kier molecular flexibility index (Phi) is 8.20. The molecule has 74 valence electrons. The van der Waals surface area contributed by atoms with Crippen molar-refractivity contribution in [1.82, 2.24) is 0 Å². The third-order valence-corrected chi connectivity index (χ3v) is 1.48. The number of rotatable bonds is 7. The molecule has 0 spiro atoms. The van der Waals surface area contributed by atoms with E-state index >= 15 is 0 Å². The van der Waals surface area contributed by atoms with Crippen molar-refractivity contribution in [3.63, 3.8) is 0 Å². The van der Waals surface area contributed by atoms with E-state index in [0.29, 0.717) is 13.0 Å². The van der Waals surface area contributed by atoms with Gasteiger partial charge in [-0.1, -0.05) is 6.08 Å². The number of allylic oxidation sites excluding steroid dienone is 1. The van der Waals surface area contributed by atoms with E-state index in [0.717, 1.165) is 25.5 Å². The average molecular weight is 184 g/mol. The van der Waals surface area contributed by atoms with Gasteiger partial charge in [-0.15, -0.1) is 0 Å². The van der Waals surface area contributed by atoms with Gasteiger partial charge >= 0.3 is 5.97 Å². The molecule has 3 nitrogen and oxygen atoms in total. The molecular formula is C10H16O3. The summed E-state index contributed by atoms with van der Waals surface area (Å²) >= 11 is 0. The Bertz CT molecular complexity index is 173. The summed E-state index contributed by atoms with van der Waals surface area (Å²) in [4.78, 5) is 20.7. The summed E-state index contributed by atoms with van der Waals surface area (Å²) in [5.74, 6) is -0.294. The van der Waals surface area contributed by atoms with E-state index in [1.807, 2.05) is 0 Å². The van der Waals surface area contributed by atoms with Crippen LogP contribution in [-0.2, 0) is 14.3 Å².